The van der Waals surface area contributed by atoms with Crippen molar-refractivity contribution in [2.45, 2.75) is 27.7 Å². The minimum atomic E-state index is -0.462. The molecule has 4 rings (SSSR count). The number of carbonyl (C=O) groups is 2. The maximum Gasteiger partial charge on any atom is 0.282 e. The third-order valence-electron chi connectivity index (χ3n) is 5.58. The van der Waals surface area contributed by atoms with Gasteiger partial charge in [0.2, 0.25) is 0 Å². The minimum Gasteiger partial charge on any atom is -0.350 e. The second-order valence-electron chi connectivity index (χ2n) is 7.92. The number of imide groups is 1. The third kappa shape index (κ3) is 3.75. The highest BCUT2D eigenvalue weighted by Crippen LogP contribution is 2.36. The maximum absolute atomic E-state index is 13.8. The Morgan fingerprint density at radius 2 is 1.52 bits per heavy atom. The lowest BCUT2D eigenvalue weighted by molar-refractivity contribution is -0.120. The van der Waals surface area contributed by atoms with Gasteiger partial charge in [-0.1, -0.05) is 36.4 Å². The second-order valence-corrected chi connectivity index (χ2v) is 7.92. The molecule has 31 heavy (non-hydrogen) atoms. The van der Waals surface area contributed by atoms with E-state index in [-0.39, 0.29) is 11.3 Å². The van der Waals surface area contributed by atoms with Crippen LogP contribution in [-0.2, 0) is 9.59 Å². The maximum atomic E-state index is 13.8. The van der Waals surface area contributed by atoms with Gasteiger partial charge in [0, 0.05) is 5.69 Å². The van der Waals surface area contributed by atoms with E-state index >= 15 is 0 Å². The summed E-state index contributed by atoms with van der Waals surface area (Å²) in [7, 11) is 0. The lowest BCUT2D eigenvalue weighted by Gasteiger charge is -2.18. The van der Waals surface area contributed by atoms with Crippen molar-refractivity contribution in [2.75, 3.05) is 10.2 Å². The summed E-state index contributed by atoms with van der Waals surface area (Å²) in [6.07, 6.45) is 0. The van der Waals surface area contributed by atoms with E-state index in [1.54, 1.807) is 12.1 Å². The van der Waals surface area contributed by atoms with Crippen LogP contribution >= 0.6 is 0 Å². The molecular weight excluding hydrogens is 391 g/mol. The molecule has 0 aromatic heterocycles. The smallest absolute Gasteiger partial charge is 0.282 e. The van der Waals surface area contributed by atoms with Crippen molar-refractivity contribution >= 4 is 28.8 Å². The molecule has 0 saturated carbocycles. The summed E-state index contributed by atoms with van der Waals surface area (Å²) in [6.45, 7) is 7.73. The lowest BCUT2D eigenvalue weighted by Crippen LogP contribution is -2.33. The molecule has 4 nitrogen and oxygen atoms in total. The van der Waals surface area contributed by atoms with E-state index in [0.717, 1.165) is 22.3 Å². The number of amides is 2. The monoisotopic (exact) mass is 414 g/mol. The largest absolute Gasteiger partial charge is 0.350 e. The quantitative estimate of drug-likeness (QED) is 0.577. The highest BCUT2D eigenvalue weighted by molar-refractivity contribution is 6.46. The first kappa shape index (κ1) is 20.5. The van der Waals surface area contributed by atoms with E-state index in [0.29, 0.717) is 16.9 Å². The van der Waals surface area contributed by atoms with Crippen LogP contribution in [0.5, 0.6) is 0 Å². The average Bonchev–Trinajstić information content (AvgIpc) is 2.96. The normalized spacial score (nSPS) is 13.9. The highest BCUT2D eigenvalue weighted by atomic mass is 19.1. The highest BCUT2D eigenvalue weighted by Gasteiger charge is 2.41. The summed E-state index contributed by atoms with van der Waals surface area (Å²) in [5, 5.41) is 3.01. The van der Waals surface area contributed by atoms with Crippen molar-refractivity contribution in [3.05, 3.63) is 100.0 Å². The predicted molar refractivity (Wildman–Crippen MR) is 121 cm³/mol. The van der Waals surface area contributed by atoms with Crippen molar-refractivity contribution in [1.29, 1.82) is 0 Å². The molecule has 0 fully saturated rings. The van der Waals surface area contributed by atoms with Crippen molar-refractivity contribution < 1.29 is 14.0 Å². The fraction of sp³-hybridized carbons (Fsp3) is 0.154. The number of hydrogen-bond donors (Lipinski definition) is 1. The Morgan fingerprint density at radius 1 is 0.774 bits per heavy atom. The lowest BCUT2D eigenvalue weighted by atomic mass is 9.99. The molecule has 1 aliphatic heterocycles. The van der Waals surface area contributed by atoms with Gasteiger partial charge in [-0.2, -0.15) is 0 Å². The van der Waals surface area contributed by atoms with E-state index in [1.807, 2.05) is 64.1 Å². The second kappa shape index (κ2) is 7.84. The van der Waals surface area contributed by atoms with Gasteiger partial charge in [-0.05, 0) is 79.8 Å². The van der Waals surface area contributed by atoms with E-state index in [9.17, 15) is 14.0 Å². The minimum absolute atomic E-state index is 0.139. The molecule has 0 atom stereocenters. The zero-order valence-corrected chi connectivity index (χ0v) is 17.9. The van der Waals surface area contributed by atoms with Gasteiger partial charge in [-0.3, -0.25) is 9.59 Å². The Balaban J connectivity index is 1.88. The van der Waals surface area contributed by atoms with Crippen molar-refractivity contribution in [3.63, 3.8) is 0 Å². The molecule has 0 aliphatic carbocycles. The van der Waals surface area contributed by atoms with Crippen LogP contribution in [0.15, 0.2) is 66.4 Å². The van der Waals surface area contributed by atoms with Gasteiger partial charge >= 0.3 is 0 Å². The molecule has 0 bridgehead atoms. The molecule has 1 aliphatic rings. The van der Waals surface area contributed by atoms with Crippen molar-refractivity contribution in [3.8, 4) is 0 Å². The number of halogens is 1. The Labute approximate surface area is 181 Å². The summed E-state index contributed by atoms with van der Waals surface area (Å²) in [6, 6.07) is 17.1. The van der Waals surface area contributed by atoms with Crippen molar-refractivity contribution in [2.24, 2.45) is 0 Å². The number of anilines is 2. The number of hydrogen-bond acceptors (Lipinski definition) is 3. The third-order valence-corrected chi connectivity index (χ3v) is 5.58. The van der Waals surface area contributed by atoms with Crippen LogP contribution in [0.1, 0.15) is 27.8 Å². The van der Waals surface area contributed by atoms with E-state index < -0.39 is 17.6 Å². The molecule has 0 saturated heterocycles. The molecule has 1 N–H and O–H groups in total. The summed E-state index contributed by atoms with van der Waals surface area (Å²) in [4.78, 5) is 28.3. The number of nitrogens with zero attached hydrogens (tertiary/aromatic N) is 1. The molecular formula is C26H23FN2O2. The standard InChI is InChI=1S/C26H23FN2O2/c1-15-8-9-17(3)22(12-15)29-25(30)23(19-11-10-16(2)18(4)13-19)24(26(29)31)28-21-7-5-6-20(27)14-21/h5-14,28H,1-4H3. The SMILES string of the molecule is Cc1ccc(C)c(N2C(=O)C(Nc3cccc(F)c3)=C(c3ccc(C)c(C)c3)C2=O)c1. The van der Waals surface area contributed by atoms with E-state index in [1.165, 1.54) is 17.0 Å². The Hall–Kier alpha value is -3.73. The Kier molecular flexibility index (Phi) is 5.19. The van der Waals surface area contributed by atoms with Gasteiger partial charge in [-0.25, -0.2) is 9.29 Å². The molecule has 5 heteroatoms. The topological polar surface area (TPSA) is 49.4 Å². The van der Waals surface area contributed by atoms with Gasteiger partial charge in [0.05, 0.1) is 11.3 Å². The van der Waals surface area contributed by atoms with Gasteiger partial charge in [0.25, 0.3) is 11.8 Å². The predicted octanol–water partition coefficient (Wildman–Crippen LogP) is 5.46. The van der Waals surface area contributed by atoms with Crippen molar-refractivity contribution in [1.82, 2.24) is 0 Å². The number of nitrogens with one attached hydrogen (secondary N) is 1. The zero-order chi connectivity index (χ0) is 22.3. The first-order valence-electron chi connectivity index (χ1n) is 10.1. The molecule has 2 amide bonds. The first-order valence-corrected chi connectivity index (χ1v) is 10.1. The van der Waals surface area contributed by atoms with Gasteiger partial charge < -0.3 is 5.32 Å². The number of rotatable bonds is 4. The van der Waals surface area contributed by atoms with E-state index in [4.69, 9.17) is 0 Å². The van der Waals surface area contributed by atoms with E-state index in [2.05, 4.69) is 5.32 Å². The van der Waals surface area contributed by atoms with Gasteiger partial charge in [0.1, 0.15) is 11.5 Å². The van der Waals surface area contributed by atoms with Crippen LogP contribution in [0.25, 0.3) is 5.57 Å². The van der Waals surface area contributed by atoms with Crippen LogP contribution in [0.4, 0.5) is 15.8 Å². The molecule has 0 unspecified atom stereocenters. The number of benzene rings is 3. The molecule has 156 valence electrons. The number of aryl methyl sites for hydroxylation is 4. The summed E-state index contributed by atoms with van der Waals surface area (Å²) < 4.78 is 13.8. The van der Waals surface area contributed by atoms with Crippen LogP contribution in [0.2, 0.25) is 0 Å². The fourth-order valence-electron chi connectivity index (χ4n) is 3.70. The Morgan fingerprint density at radius 3 is 2.23 bits per heavy atom. The summed E-state index contributed by atoms with van der Waals surface area (Å²) in [5.41, 5.74) is 5.88. The molecule has 3 aromatic carbocycles. The van der Waals surface area contributed by atoms with Crippen LogP contribution in [-0.4, -0.2) is 11.8 Å². The molecule has 0 spiro atoms. The molecule has 0 radical (unpaired) electrons. The van der Waals surface area contributed by atoms with Crippen LogP contribution in [0, 0.1) is 33.5 Å². The fourth-order valence-corrected chi connectivity index (χ4v) is 3.70. The first-order chi connectivity index (χ1) is 14.8. The van der Waals surface area contributed by atoms with Crippen LogP contribution in [0.3, 0.4) is 0 Å². The number of carbonyl (C=O) groups excluding carboxylic acids is 2. The van der Waals surface area contributed by atoms with Gasteiger partial charge in [-0.15, -0.1) is 0 Å². The van der Waals surface area contributed by atoms with Gasteiger partial charge in [0.15, 0.2) is 0 Å². The summed E-state index contributed by atoms with van der Waals surface area (Å²) >= 11 is 0. The average molecular weight is 414 g/mol. The van der Waals surface area contributed by atoms with Crippen LogP contribution < -0.4 is 10.2 Å². The molecule has 1 heterocycles. The Bertz CT molecular complexity index is 1260. The summed E-state index contributed by atoms with van der Waals surface area (Å²) in [5.74, 6) is -1.29. The zero-order valence-electron chi connectivity index (χ0n) is 17.9. The molecule has 3 aromatic rings.